The molecule has 1 fully saturated rings. The van der Waals surface area contributed by atoms with Gasteiger partial charge in [-0.15, -0.1) is 0 Å². The number of non-ortho nitro benzene ring substituents is 1. The van der Waals surface area contributed by atoms with E-state index in [2.05, 4.69) is 4.98 Å². The maximum absolute atomic E-state index is 13.1. The van der Waals surface area contributed by atoms with Crippen LogP contribution in [0.15, 0.2) is 23.0 Å². The first-order valence-electron chi connectivity index (χ1n) is 8.65. The van der Waals surface area contributed by atoms with Gasteiger partial charge in [0.15, 0.2) is 0 Å². The number of carbonyl (C=O) groups is 1. The van der Waals surface area contributed by atoms with Crippen molar-refractivity contribution in [2.75, 3.05) is 0 Å². The monoisotopic (exact) mass is 359 g/mol. The van der Waals surface area contributed by atoms with Crippen LogP contribution in [0.1, 0.15) is 44.5 Å². The number of rotatable bonds is 2. The molecule has 0 aliphatic heterocycles. The fraction of sp³-hybridized carbons (Fsp3) is 0.500. The van der Waals surface area contributed by atoms with Gasteiger partial charge in [-0.05, 0) is 31.7 Å². The van der Waals surface area contributed by atoms with E-state index in [1.165, 1.54) is 16.7 Å². The van der Waals surface area contributed by atoms with Gasteiger partial charge in [0.1, 0.15) is 17.0 Å². The second kappa shape index (κ2) is 6.95. The van der Waals surface area contributed by atoms with Crippen LogP contribution in [0.3, 0.4) is 0 Å². The third kappa shape index (κ3) is 3.24. The Hall–Kier alpha value is -2.61. The highest BCUT2D eigenvalue weighted by atomic mass is 16.6. The lowest BCUT2D eigenvalue weighted by Crippen LogP contribution is -2.37. The molecule has 3 unspecified atom stereocenters. The molecule has 2 aromatic rings. The van der Waals surface area contributed by atoms with Crippen LogP contribution in [0.4, 0.5) is 5.69 Å². The molecule has 138 valence electrons. The number of aryl methyl sites for hydroxylation is 1. The van der Waals surface area contributed by atoms with Gasteiger partial charge in [-0.3, -0.25) is 24.3 Å². The molecule has 1 aliphatic rings. The summed E-state index contributed by atoms with van der Waals surface area (Å²) in [7, 11) is 0. The van der Waals surface area contributed by atoms with Crippen LogP contribution in [-0.4, -0.2) is 31.5 Å². The van der Waals surface area contributed by atoms with Gasteiger partial charge in [0, 0.05) is 18.9 Å². The minimum absolute atomic E-state index is 0.0130. The largest absolute Gasteiger partial charge is 0.391 e. The first kappa shape index (κ1) is 18.2. The molecule has 0 bridgehead atoms. The Bertz CT molecular complexity index is 936. The summed E-state index contributed by atoms with van der Waals surface area (Å²) in [6.07, 6.45) is 0.543. The molecule has 0 spiro atoms. The Labute approximate surface area is 149 Å². The predicted molar refractivity (Wildman–Crippen MR) is 95.1 cm³/mol. The molecule has 1 N–H and O–H groups in total. The zero-order chi connectivity index (χ0) is 19.0. The highest BCUT2D eigenvalue weighted by Crippen LogP contribution is 2.29. The van der Waals surface area contributed by atoms with E-state index in [0.29, 0.717) is 25.1 Å². The minimum atomic E-state index is -0.823. The number of fused-ring (bicyclic) bond motifs is 1. The van der Waals surface area contributed by atoms with Crippen molar-refractivity contribution in [2.45, 2.75) is 51.7 Å². The van der Waals surface area contributed by atoms with E-state index in [-0.39, 0.29) is 34.7 Å². The van der Waals surface area contributed by atoms with E-state index in [0.717, 1.165) is 0 Å². The van der Waals surface area contributed by atoms with Gasteiger partial charge in [-0.2, -0.15) is 0 Å². The number of aliphatic hydroxyl groups excluding tert-OH is 1. The number of hydrogen-bond donors (Lipinski definition) is 1. The second-order valence-corrected chi connectivity index (χ2v) is 7.02. The first-order chi connectivity index (χ1) is 12.3. The molecule has 8 heteroatoms. The van der Waals surface area contributed by atoms with Gasteiger partial charge in [-0.1, -0.05) is 13.0 Å². The van der Waals surface area contributed by atoms with Gasteiger partial charge in [-0.25, -0.2) is 4.98 Å². The van der Waals surface area contributed by atoms with Crippen molar-refractivity contribution in [2.24, 2.45) is 5.92 Å². The van der Waals surface area contributed by atoms with Crippen LogP contribution < -0.4 is 5.56 Å². The number of Topliss-reactive ketones (excluding diaryl/α,β-unsaturated/α-hetero) is 1. The number of ketones is 1. The lowest BCUT2D eigenvalue weighted by molar-refractivity contribution is -0.383. The van der Waals surface area contributed by atoms with Crippen molar-refractivity contribution in [1.29, 1.82) is 0 Å². The fourth-order valence-electron chi connectivity index (χ4n) is 3.82. The van der Waals surface area contributed by atoms with Crippen LogP contribution in [0, 0.1) is 23.0 Å². The smallest absolute Gasteiger partial charge is 0.284 e. The third-order valence-corrected chi connectivity index (χ3v) is 5.00. The van der Waals surface area contributed by atoms with Crippen LogP contribution in [0.2, 0.25) is 0 Å². The highest BCUT2D eigenvalue weighted by molar-refractivity contribution is 5.87. The number of hydrogen-bond acceptors (Lipinski definition) is 6. The molecular weight excluding hydrogens is 338 g/mol. The number of nitro groups is 1. The Kier molecular flexibility index (Phi) is 4.86. The Morgan fingerprint density at radius 3 is 2.77 bits per heavy atom. The average Bonchev–Trinajstić information content (AvgIpc) is 2.55. The number of nitrogens with zero attached hydrogens (tertiary/aromatic N) is 3. The lowest BCUT2D eigenvalue weighted by atomic mass is 9.87. The summed E-state index contributed by atoms with van der Waals surface area (Å²) in [5.74, 6) is 0.478. The second-order valence-electron chi connectivity index (χ2n) is 7.02. The van der Waals surface area contributed by atoms with Crippen LogP contribution in [0.25, 0.3) is 10.9 Å². The predicted octanol–water partition coefficient (Wildman–Crippen LogP) is 2.29. The number of aliphatic hydroxyl groups is 1. The summed E-state index contributed by atoms with van der Waals surface area (Å²) in [6, 6.07) is 3.68. The molecule has 0 amide bonds. The third-order valence-electron chi connectivity index (χ3n) is 5.00. The number of nitro benzene ring substituents is 1. The molecule has 1 aromatic heterocycles. The zero-order valence-electron chi connectivity index (χ0n) is 14.7. The molecule has 1 heterocycles. The van der Waals surface area contributed by atoms with Crippen LogP contribution in [0.5, 0.6) is 0 Å². The van der Waals surface area contributed by atoms with Crippen molar-refractivity contribution >= 4 is 22.4 Å². The number of carbonyl (C=O) groups excluding carboxylic acids is 1. The van der Waals surface area contributed by atoms with Crippen molar-refractivity contribution < 1.29 is 14.8 Å². The Morgan fingerprint density at radius 1 is 1.35 bits per heavy atom. The lowest BCUT2D eigenvalue weighted by Gasteiger charge is -2.30. The van der Waals surface area contributed by atoms with E-state index < -0.39 is 22.6 Å². The first-order valence-corrected chi connectivity index (χ1v) is 8.65. The van der Waals surface area contributed by atoms with Gasteiger partial charge < -0.3 is 5.11 Å². The number of aromatic nitrogens is 2. The molecule has 3 atom stereocenters. The van der Waals surface area contributed by atoms with Crippen molar-refractivity contribution in [3.63, 3.8) is 0 Å². The van der Waals surface area contributed by atoms with Gasteiger partial charge in [0.05, 0.1) is 22.6 Å². The van der Waals surface area contributed by atoms with Gasteiger partial charge in [0.25, 0.3) is 11.2 Å². The minimum Gasteiger partial charge on any atom is -0.391 e. The summed E-state index contributed by atoms with van der Waals surface area (Å²) < 4.78 is 1.32. The van der Waals surface area contributed by atoms with Gasteiger partial charge in [0.2, 0.25) is 0 Å². The summed E-state index contributed by atoms with van der Waals surface area (Å²) >= 11 is 0. The van der Waals surface area contributed by atoms with Crippen LogP contribution in [-0.2, 0) is 4.79 Å². The standard InChI is InChI=1S/C18H21N3O5/c1-10-8-12(22)6-7-14(16(23)9-10)20-11(2)19-13-4-3-5-15(21(25)26)17(13)18(20)24/h3-5,10,14,16,23H,6-9H2,1-2H3. The van der Waals surface area contributed by atoms with E-state index in [4.69, 9.17) is 0 Å². The molecule has 26 heavy (non-hydrogen) atoms. The van der Waals surface area contributed by atoms with E-state index in [1.54, 1.807) is 13.0 Å². The number of benzene rings is 1. The topological polar surface area (TPSA) is 115 Å². The summed E-state index contributed by atoms with van der Waals surface area (Å²) in [5, 5.41) is 21.9. The summed E-state index contributed by atoms with van der Waals surface area (Å²) in [4.78, 5) is 40.1. The van der Waals surface area contributed by atoms with Crippen LogP contribution >= 0.6 is 0 Å². The van der Waals surface area contributed by atoms with Crippen molar-refractivity contribution in [1.82, 2.24) is 9.55 Å². The molecule has 1 aromatic carbocycles. The van der Waals surface area contributed by atoms with Crippen molar-refractivity contribution in [3.05, 3.63) is 44.5 Å². The Balaban J connectivity index is 2.20. The summed E-state index contributed by atoms with van der Waals surface area (Å²) in [6.45, 7) is 3.53. The molecule has 8 nitrogen and oxygen atoms in total. The Morgan fingerprint density at radius 2 is 2.08 bits per heavy atom. The molecular formula is C18H21N3O5. The molecule has 3 rings (SSSR count). The van der Waals surface area contributed by atoms with E-state index >= 15 is 0 Å². The average molecular weight is 359 g/mol. The quantitative estimate of drug-likeness (QED) is 0.650. The molecule has 0 saturated heterocycles. The SMILES string of the molecule is Cc1nc2cccc([N+](=O)[O-])c2c(=O)n1C1CCC(=O)CC(C)CC1O. The molecule has 1 saturated carbocycles. The van der Waals surface area contributed by atoms with Gasteiger partial charge >= 0.3 is 0 Å². The maximum atomic E-state index is 13.1. The summed E-state index contributed by atoms with van der Waals surface area (Å²) in [5.41, 5.74) is -0.606. The normalized spacial score (nSPS) is 24.3. The zero-order valence-corrected chi connectivity index (χ0v) is 14.7. The fourth-order valence-corrected chi connectivity index (χ4v) is 3.82. The van der Waals surface area contributed by atoms with Crippen molar-refractivity contribution in [3.8, 4) is 0 Å². The maximum Gasteiger partial charge on any atom is 0.284 e. The highest BCUT2D eigenvalue weighted by Gasteiger charge is 2.31. The molecule has 0 radical (unpaired) electrons. The molecule has 1 aliphatic carbocycles. The van der Waals surface area contributed by atoms with E-state index in [1.807, 2.05) is 6.92 Å². The van der Waals surface area contributed by atoms with E-state index in [9.17, 15) is 24.8 Å².